The largest absolute Gasteiger partial charge is 0.454 e. The molecule has 0 aliphatic carbocycles. The molecule has 2 heterocycles. The second-order valence-corrected chi connectivity index (χ2v) is 5.89. The highest BCUT2D eigenvalue weighted by molar-refractivity contribution is 6.04. The lowest BCUT2D eigenvalue weighted by Crippen LogP contribution is -2.16. The van der Waals surface area contributed by atoms with Gasteiger partial charge in [0.2, 0.25) is 6.79 Å². The molecule has 3 aromatic rings. The normalized spacial score (nSPS) is 11.9. The molecule has 1 aromatic heterocycles. The summed E-state index contributed by atoms with van der Waals surface area (Å²) in [7, 11) is 0. The number of nitrogens with zero attached hydrogens (tertiary/aromatic N) is 1. The topological polar surface area (TPSA) is 77.5 Å². The van der Waals surface area contributed by atoms with E-state index in [4.69, 9.17) is 9.47 Å². The molecule has 140 valence electrons. The van der Waals surface area contributed by atoms with Gasteiger partial charge in [-0.1, -0.05) is 6.07 Å². The average molecular weight is 382 g/mol. The average Bonchev–Trinajstić information content (AvgIpc) is 3.15. The molecule has 2 aromatic carbocycles. The monoisotopic (exact) mass is 382 g/mol. The van der Waals surface area contributed by atoms with Crippen molar-refractivity contribution in [3.05, 3.63) is 71.4 Å². The molecule has 0 unspecified atom stereocenters. The summed E-state index contributed by atoms with van der Waals surface area (Å²) in [4.78, 5) is 27.6. The van der Waals surface area contributed by atoms with Gasteiger partial charge in [0.25, 0.3) is 5.91 Å². The number of benzene rings is 2. The summed E-state index contributed by atoms with van der Waals surface area (Å²) >= 11 is 0. The number of amides is 1. The Morgan fingerprint density at radius 3 is 2.43 bits per heavy atom. The maximum atomic E-state index is 13.7. The van der Waals surface area contributed by atoms with Crippen LogP contribution in [0.1, 0.15) is 20.7 Å². The Morgan fingerprint density at radius 1 is 1.07 bits per heavy atom. The van der Waals surface area contributed by atoms with Crippen molar-refractivity contribution in [3.8, 4) is 22.6 Å². The summed E-state index contributed by atoms with van der Waals surface area (Å²) in [6.07, 6.45) is 2.12. The second-order valence-electron chi connectivity index (χ2n) is 5.89. The Bertz CT molecular complexity index is 1060. The van der Waals surface area contributed by atoms with Crippen molar-refractivity contribution in [2.75, 3.05) is 12.1 Å². The lowest BCUT2D eigenvalue weighted by molar-refractivity contribution is 0.101. The van der Waals surface area contributed by atoms with Crippen LogP contribution in [-0.4, -0.2) is 24.0 Å². The third-order valence-corrected chi connectivity index (χ3v) is 4.18. The molecule has 1 aliphatic rings. The van der Waals surface area contributed by atoms with Crippen molar-refractivity contribution in [2.24, 2.45) is 0 Å². The maximum Gasteiger partial charge on any atom is 0.262 e. The molecule has 0 radical (unpaired) electrons. The van der Waals surface area contributed by atoms with E-state index in [1.54, 1.807) is 18.2 Å². The number of halogens is 2. The first-order valence-electron chi connectivity index (χ1n) is 8.17. The molecule has 0 bridgehead atoms. The quantitative estimate of drug-likeness (QED) is 0.694. The van der Waals surface area contributed by atoms with E-state index in [0.29, 0.717) is 34.5 Å². The number of aromatic nitrogens is 1. The number of carbonyl (C=O) groups excluding carboxylic acids is 2. The fourth-order valence-corrected chi connectivity index (χ4v) is 2.83. The smallest absolute Gasteiger partial charge is 0.262 e. The molecule has 1 aliphatic heterocycles. The van der Waals surface area contributed by atoms with Crippen LogP contribution in [0.25, 0.3) is 11.1 Å². The fraction of sp³-hybridized carbons (Fsp3) is 0.0500. The Morgan fingerprint density at radius 2 is 1.79 bits per heavy atom. The van der Waals surface area contributed by atoms with Gasteiger partial charge in [-0.2, -0.15) is 0 Å². The number of nitrogens with one attached hydrogen (secondary N) is 1. The number of fused-ring (bicyclic) bond motifs is 1. The van der Waals surface area contributed by atoms with E-state index in [2.05, 4.69) is 10.3 Å². The number of rotatable bonds is 4. The minimum absolute atomic E-state index is 0.0763. The number of pyridine rings is 1. The van der Waals surface area contributed by atoms with Gasteiger partial charge in [0.1, 0.15) is 23.0 Å². The number of aldehydes is 1. The highest BCUT2D eigenvalue weighted by Crippen LogP contribution is 2.38. The van der Waals surface area contributed by atoms with Crippen LogP contribution in [0, 0.1) is 11.6 Å². The zero-order valence-electron chi connectivity index (χ0n) is 14.2. The summed E-state index contributed by atoms with van der Waals surface area (Å²) in [5.74, 6) is -1.80. The molecule has 0 saturated carbocycles. The molecule has 0 atom stereocenters. The van der Waals surface area contributed by atoms with Crippen molar-refractivity contribution >= 4 is 18.0 Å². The first kappa shape index (κ1) is 17.6. The highest BCUT2D eigenvalue weighted by Gasteiger charge is 2.19. The van der Waals surface area contributed by atoms with E-state index in [9.17, 15) is 18.4 Å². The van der Waals surface area contributed by atoms with Crippen molar-refractivity contribution in [2.45, 2.75) is 0 Å². The molecule has 28 heavy (non-hydrogen) atoms. The molecule has 4 rings (SSSR count). The van der Waals surface area contributed by atoms with Gasteiger partial charge in [-0.15, -0.1) is 0 Å². The van der Waals surface area contributed by atoms with Gasteiger partial charge in [-0.05, 0) is 42.0 Å². The van der Waals surface area contributed by atoms with Crippen LogP contribution in [0.5, 0.6) is 11.5 Å². The highest BCUT2D eigenvalue weighted by atomic mass is 19.1. The SMILES string of the molecule is O=Cc1cc2c(cc1-c1ccc(NC(=O)c3c(F)cccc3F)nc1)OCO2. The summed E-state index contributed by atoms with van der Waals surface area (Å²) in [5, 5.41) is 2.34. The third-order valence-electron chi connectivity index (χ3n) is 4.18. The van der Waals surface area contributed by atoms with Gasteiger partial charge >= 0.3 is 0 Å². The third kappa shape index (κ3) is 3.16. The van der Waals surface area contributed by atoms with Gasteiger partial charge in [-0.25, -0.2) is 13.8 Å². The summed E-state index contributed by atoms with van der Waals surface area (Å²) in [6, 6.07) is 9.47. The van der Waals surface area contributed by atoms with Crippen LogP contribution in [0.3, 0.4) is 0 Å². The molecule has 1 N–H and O–H groups in total. The minimum atomic E-state index is -0.967. The van der Waals surface area contributed by atoms with Crippen molar-refractivity contribution in [1.82, 2.24) is 4.98 Å². The van der Waals surface area contributed by atoms with Gasteiger partial charge in [-0.3, -0.25) is 9.59 Å². The van der Waals surface area contributed by atoms with Crippen molar-refractivity contribution in [1.29, 1.82) is 0 Å². The van der Waals surface area contributed by atoms with Crippen LogP contribution in [0.4, 0.5) is 14.6 Å². The van der Waals surface area contributed by atoms with Crippen molar-refractivity contribution in [3.63, 3.8) is 0 Å². The zero-order valence-corrected chi connectivity index (χ0v) is 14.2. The van der Waals surface area contributed by atoms with E-state index < -0.39 is 23.1 Å². The minimum Gasteiger partial charge on any atom is -0.454 e. The van der Waals surface area contributed by atoms with E-state index in [-0.39, 0.29) is 12.6 Å². The summed E-state index contributed by atoms with van der Waals surface area (Å²) < 4.78 is 38.0. The number of carbonyl (C=O) groups is 2. The number of anilines is 1. The van der Waals surface area contributed by atoms with Gasteiger partial charge in [0, 0.05) is 17.3 Å². The number of ether oxygens (including phenoxy) is 2. The lowest BCUT2D eigenvalue weighted by atomic mass is 10.0. The Balaban J connectivity index is 1.60. The lowest BCUT2D eigenvalue weighted by Gasteiger charge is -2.09. The molecule has 0 saturated heterocycles. The van der Waals surface area contributed by atoms with Gasteiger partial charge in [0.05, 0.1) is 0 Å². The number of hydrogen-bond donors (Lipinski definition) is 1. The molecule has 0 spiro atoms. The van der Waals surface area contributed by atoms with Crippen molar-refractivity contribution < 1.29 is 27.8 Å². The molecule has 8 heteroatoms. The van der Waals surface area contributed by atoms with E-state index in [1.807, 2.05) is 0 Å². The first-order valence-corrected chi connectivity index (χ1v) is 8.17. The molecular formula is C20H12F2N2O4. The predicted molar refractivity (Wildman–Crippen MR) is 95.5 cm³/mol. The van der Waals surface area contributed by atoms with Crippen LogP contribution >= 0.6 is 0 Å². The maximum absolute atomic E-state index is 13.7. The van der Waals surface area contributed by atoms with E-state index >= 15 is 0 Å². The molecule has 1 amide bonds. The van der Waals surface area contributed by atoms with E-state index in [1.165, 1.54) is 18.3 Å². The van der Waals surface area contributed by atoms with E-state index in [0.717, 1.165) is 12.1 Å². The second kappa shape index (κ2) is 7.07. The molecule has 6 nitrogen and oxygen atoms in total. The van der Waals surface area contributed by atoms with Gasteiger partial charge < -0.3 is 14.8 Å². The van der Waals surface area contributed by atoms with Crippen LogP contribution in [-0.2, 0) is 0 Å². The predicted octanol–water partition coefficient (Wildman–Crippen LogP) is 3.82. The molecular weight excluding hydrogens is 370 g/mol. The first-order chi connectivity index (χ1) is 13.6. The number of hydrogen-bond acceptors (Lipinski definition) is 5. The van der Waals surface area contributed by atoms with Crippen LogP contribution in [0.2, 0.25) is 0 Å². The summed E-state index contributed by atoms with van der Waals surface area (Å²) in [6.45, 7) is 0.0763. The van der Waals surface area contributed by atoms with Gasteiger partial charge in [0.15, 0.2) is 17.8 Å². The van der Waals surface area contributed by atoms with Crippen LogP contribution in [0.15, 0.2) is 48.7 Å². The fourth-order valence-electron chi connectivity index (χ4n) is 2.83. The molecule has 0 fully saturated rings. The van der Waals surface area contributed by atoms with Crippen LogP contribution < -0.4 is 14.8 Å². The zero-order chi connectivity index (χ0) is 19.7. The summed E-state index contributed by atoms with van der Waals surface area (Å²) in [5.41, 5.74) is 0.865. The standard InChI is InChI=1S/C20H12F2N2O4/c21-14-2-1-3-15(22)19(14)20(26)24-18-5-4-11(8-23-18)13-7-17-16(27-10-28-17)6-12(13)9-25/h1-9H,10H2,(H,23,24,26). The Labute approximate surface area is 157 Å². The Hall–Kier alpha value is -3.81. The Kier molecular flexibility index (Phi) is 4.44.